The summed E-state index contributed by atoms with van der Waals surface area (Å²) >= 11 is 1.54. The Morgan fingerprint density at radius 1 is 1.40 bits per heavy atom. The molecule has 2 aromatic rings. The third-order valence-electron chi connectivity index (χ3n) is 4.24. The summed E-state index contributed by atoms with van der Waals surface area (Å²) in [7, 11) is 0. The van der Waals surface area contributed by atoms with Gasteiger partial charge in [-0.15, -0.1) is 16.4 Å². The second-order valence-electron chi connectivity index (χ2n) is 6.27. The Labute approximate surface area is 149 Å². The number of hydrogen-bond donors (Lipinski definition) is 1. The van der Waals surface area contributed by atoms with Crippen molar-refractivity contribution in [1.82, 2.24) is 24.9 Å². The lowest BCUT2D eigenvalue weighted by atomic mass is 9.98. The number of aromatic carboxylic acids is 1. The molecule has 1 unspecified atom stereocenters. The standard InChI is InChI=1S/C16H21N5O3S/c1-2-4-14-17-13(10-25-14)15(22)20-6-3-5-11(7-20)8-21-9-12(16(23)24)18-19-21/h9-11H,2-8H2,1H3,(H,23,24). The molecule has 1 aliphatic rings. The van der Waals surface area contributed by atoms with Crippen LogP contribution in [0.5, 0.6) is 0 Å². The maximum absolute atomic E-state index is 12.7. The Morgan fingerprint density at radius 2 is 2.24 bits per heavy atom. The number of carbonyl (C=O) groups excluding carboxylic acids is 1. The molecule has 134 valence electrons. The summed E-state index contributed by atoms with van der Waals surface area (Å²) in [4.78, 5) is 29.8. The molecular weight excluding hydrogens is 342 g/mol. The molecule has 1 amide bonds. The molecule has 2 aromatic heterocycles. The smallest absolute Gasteiger partial charge is 0.358 e. The third kappa shape index (κ3) is 4.22. The van der Waals surface area contributed by atoms with Crippen LogP contribution in [0.2, 0.25) is 0 Å². The van der Waals surface area contributed by atoms with Crippen LogP contribution in [0, 0.1) is 5.92 Å². The topological polar surface area (TPSA) is 101 Å². The first kappa shape index (κ1) is 17.5. The lowest BCUT2D eigenvalue weighted by Gasteiger charge is -2.32. The molecule has 3 rings (SSSR count). The molecule has 1 fully saturated rings. The van der Waals surface area contributed by atoms with Gasteiger partial charge in [-0.3, -0.25) is 9.48 Å². The van der Waals surface area contributed by atoms with Gasteiger partial charge >= 0.3 is 5.97 Å². The number of aromatic nitrogens is 4. The molecule has 0 saturated carbocycles. The van der Waals surface area contributed by atoms with E-state index in [-0.39, 0.29) is 17.5 Å². The summed E-state index contributed by atoms with van der Waals surface area (Å²) < 4.78 is 1.55. The maximum Gasteiger partial charge on any atom is 0.358 e. The average molecular weight is 363 g/mol. The molecule has 0 aliphatic carbocycles. The van der Waals surface area contributed by atoms with Gasteiger partial charge in [-0.1, -0.05) is 12.1 Å². The highest BCUT2D eigenvalue weighted by Crippen LogP contribution is 2.21. The van der Waals surface area contributed by atoms with E-state index in [2.05, 4.69) is 22.2 Å². The molecule has 1 N–H and O–H groups in total. The molecule has 3 heterocycles. The molecule has 1 atom stereocenters. The van der Waals surface area contributed by atoms with E-state index in [1.807, 2.05) is 10.3 Å². The molecule has 0 bridgehead atoms. The number of hydrogen-bond acceptors (Lipinski definition) is 6. The molecule has 25 heavy (non-hydrogen) atoms. The fraction of sp³-hybridized carbons (Fsp3) is 0.562. The van der Waals surface area contributed by atoms with Crippen LogP contribution >= 0.6 is 11.3 Å². The van der Waals surface area contributed by atoms with Crippen LogP contribution in [0.4, 0.5) is 0 Å². The summed E-state index contributed by atoms with van der Waals surface area (Å²) in [5, 5.41) is 19.2. The number of likely N-dealkylation sites (tertiary alicyclic amines) is 1. The number of carboxylic acid groups (broad SMARTS) is 1. The summed E-state index contributed by atoms with van der Waals surface area (Å²) in [5.41, 5.74) is 0.470. The molecule has 0 aromatic carbocycles. The van der Waals surface area contributed by atoms with Crippen molar-refractivity contribution in [2.45, 2.75) is 39.2 Å². The van der Waals surface area contributed by atoms with E-state index in [1.54, 1.807) is 4.68 Å². The number of amides is 1. The van der Waals surface area contributed by atoms with E-state index in [1.165, 1.54) is 17.5 Å². The number of aryl methyl sites for hydroxylation is 1. The highest BCUT2D eigenvalue weighted by Gasteiger charge is 2.26. The predicted octanol–water partition coefficient (Wildman–Crippen LogP) is 1.94. The van der Waals surface area contributed by atoms with Crippen LogP contribution < -0.4 is 0 Å². The van der Waals surface area contributed by atoms with E-state index in [0.29, 0.717) is 18.8 Å². The first-order valence-electron chi connectivity index (χ1n) is 8.44. The lowest BCUT2D eigenvalue weighted by molar-refractivity contribution is 0.0653. The van der Waals surface area contributed by atoms with Crippen molar-refractivity contribution >= 4 is 23.2 Å². The van der Waals surface area contributed by atoms with Crippen molar-refractivity contribution in [2.75, 3.05) is 13.1 Å². The Morgan fingerprint density at radius 3 is 2.96 bits per heavy atom. The number of carbonyl (C=O) groups is 2. The average Bonchev–Trinajstić information content (AvgIpc) is 3.24. The minimum atomic E-state index is -1.09. The lowest BCUT2D eigenvalue weighted by Crippen LogP contribution is -2.41. The first-order valence-corrected chi connectivity index (χ1v) is 9.32. The van der Waals surface area contributed by atoms with Crippen molar-refractivity contribution in [3.8, 4) is 0 Å². The van der Waals surface area contributed by atoms with Gasteiger partial charge in [-0.25, -0.2) is 9.78 Å². The molecular formula is C16H21N5O3S. The van der Waals surface area contributed by atoms with Crippen molar-refractivity contribution in [1.29, 1.82) is 0 Å². The van der Waals surface area contributed by atoms with E-state index in [9.17, 15) is 9.59 Å². The quantitative estimate of drug-likeness (QED) is 0.841. The summed E-state index contributed by atoms with van der Waals surface area (Å²) in [6.45, 7) is 4.01. The highest BCUT2D eigenvalue weighted by molar-refractivity contribution is 7.09. The Hall–Kier alpha value is -2.29. The summed E-state index contributed by atoms with van der Waals surface area (Å²) in [6.07, 6.45) is 5.25. The van der Waals surface area contributed by atoms with E-state index >= 15 is 0 Å². The molecule has 1 aliphatic heterocycles. The van der Waals surface area contributed by atoms with Crippen molar-refractivity contribution < 1.29 is 14.7 Å². The monoisotopic (exact) mass is 363 g/mol. The van der Waals surface area contributed by atoms with Crippen LogP contribution in [-0.2, 0) is 13.0 Å². The van der Waals surface area contributed by atoms with Gasteiger partial charge in [0.15, 0.2) is 5.69 Å². The number of nitrogens with zero attached hydrogens (tertiary/aromatic N) is 5. The van der Waals surface area contributed by atoms with Gasteiger partial charge in [0.05, 0.1) is 11.2 Å². The van der Waals surface area contributed by atoms with E-state index in [4.69, 9.17) is 5.11 Å². The van der Waals surface area contributed by atoms with Gasteiger partial charge in [-0.05, 0) is 31.6 Å². The third-order valence-corrected chi connectivity index (χ3v) is 5.15. The number of thiazole rings is 1. The van der Waals surface area contributed by atoms with Crippen molar-refractivity contribution in [3.05, 3.63) is 28.0 Å². The van der Waals surface area contributed by atoms with Crippen molar-refractivity contribution in [2.24, 2.45) is 5.92 Å². The zero-order valence-corrected chi connectivity index (χ0v) is 14.9. The fourth-order valence-electron chi connectivity index (χ4n) is 3.05. The van der Waals surface area contributed by atoms with Crippen molar-refractivity contribution in [3.63, 3.8) is 0 Å². The van der Waals surface area contributed by atoms with Crippen LogP contribution in [0.3, 0.4) is 0 Å². The maximum atomic E-state index is 12.7. The zero-order valence-electron chi connectivity index (χ0n) is 14.1. The van der Waals surface area contributed by atoms with Gasteiger partial charge in [0, 0.05) is 25.0 Å². The van der Waals surface area contributed by atoms with Crippen LogP contribution in [0.25, 0.3) is 0 Å². The second-order valence-corrected chi connectivity index (χ2v) is 7.21. The minimum Gasteiger partial charge on any atom is -0.476 e. The van der Waals surface area contributed by atoms with Gasteiger partial charge < -0.3 is 10.0 Å². The van der Waals surface area contributed by atoms with Crippen LogP contribution in [0.1, 0.15) is 52.2 Å². The fourth-order valence-corrected chi connectivity index (χ4v) is 3.92. The summed E-state index contributed by atoms with van der Waals surface area (Å²) in [6, 6.07) is 0. The first-order chi connectivity index (χ1) is 12.1. The molecule has 1 saturated heterocycles. The predicted molar refractivity (Wildman–Crippen MR) is 91.7 cm³/mol. The number of rotatable bonds is 6. The van der Waals surface area contributed by atoms with Gasteiger partial charge in [0.1, 0.15) is 5.69 Å². The Bertz CT molecular complexity index is 757. The van der Waals surface area contributed by atoms with E-state index < -0.39 is 5.97 Å². The van der Waals surface area contributed by atoms with Gasteiger partial charge in [0.25, 0.3) is 5.91 Å². The number of carboxylic acids is 1. The zero-order chi connectivity index (χ0) is 17.8. The van der Waals surface area contributed by atoms with Crippen LogP contribution in [0.15, 0.2) is 11.6 Å². The Kier molecular flexibility index (Phi) is 5.42. The minimum absolute atomic E-state index is 0.0203. The normalized spacial score (nSPS) is 17.6. The Balaban J connectivity index is 1.61. The van der Waals surface area contributed by atoms with Gasteiger partial charge in [0.2, 0.25) is 0 Å². The number of piperidine rings is 1. The second kappa shape index (κ2) is 7.73. The van der Waals surface area contributed by atoms with Gasteiger partial charge in [-0.2, -0.15) is 0 Å². The summed E-state index contributed by atoms with van der Waals surface area (Å²) in [5.74, 6) is -0.874. The molecule has 0 spiro atoms. The van der Waals surface area contributed by atoms with Crippen LogP contribution in [-0.4, -0.2) is 55.0 Å². The van der Waals surface area contributed by atoms with E-state index in [0.717, 1.165) is 37.2 Å². The SMILES string of the molecule is CCCc1nc(C(=O)N2CCCC(Cn3cc(C(=O)O)nn3)C2)cs1. The molecule has 8 nitrogen and oxygen atoms in total. The molecule has 9 heteroatoms. The molecule has 0 radical (unpaired) electrons. The highest BCUT2D eigenvalue weighted by atomic mass is 32.1. The largest absolute Gasteiger partial charge is 0.476 e.